The van der Waals surface area contributed by atoms with Crippen LogP contribution in [0, 0.1) is 5.92 Å². The summed E-state index contributed by atoms with van der Waals surface area (Å²) in [5.41, 5.74) is 1.25. The highest BCUT2D eigenvalue weighted by Crippen LogP contribution is 1.95. The van der Waals surface area contributed by atoms with Crippen LogP contribution in [-0.2, 0) is 0 Å². The standard InChI is InChI=1S/C5H12O.C5H10/c1-3-5(2)4-6;1-4-5(2)3/h5-6H,3-4H2,1-2H3;2,4H2,1,3H3. The van der Waals surface area contributed by atoms with Crippen molar-refractivity contribution in [2.24, 2.45) is 5.92 Å². The molecule has 0 aliphatic rings. The molecule has 0 bridgehead atoms. The molecule has 0 fully saturated rings. The van der Waals surface area contributed by atoms with Crippen LogP contribution >= 0.6 is 0 Å². The van der Waals surface area contributed by atoms with Crippen LogP contribution in [-0.4, -0.2) is 11.7 Å². The number of hydrogen-bond acceptors (Lipinski definition) is 1. The minimum absolute atomic E-state index is 0.330. The average Bonchev–Trinajstić information content (AvgIpc) is 2.04. The molecular weight excluding hydrogens is 136 g/mol. The molecule has 0 aliphatic carbocycles. The summed E-state index contributed by atoms with van der Waals surface area (Å²) < 4.78 is 0. The minimum Gasteiger partial charge on any atom is -0.396 e. The van der Waals surface area contributed by atoms with E-state index in [4.69, 9.17) is 5.11 Å². The molecule has 0 rings (SSSR count). The van der Waals surface area contributed by atoms with Crippen LogP contribution in [0.4, 0.5) is 0 Å². The van der Waals surface area contributed by atoms with Crippen molar-refractivity contribution in [3.63, 3.8) is 0 Å². The quantitative estimate of drug-likeness (QED) is 0.626. The van der Waals surface area contributed by atoms with Crippen molar-refractivity contribution in [3.05, 3.63) is 12.2 Å². The SMILES string of the molecule is C=C(C)CC.CCC(C)CO. The molecule has 0 radical (unpaired) electrons. The van der Waals surface area contributed by atoms with E-state index in [2.05, 4.69) is 20.4 Å². The molecule has 0 heterocycles. The lowest BCUT2D eigenvalue weighted by Gasteiger charge is -1.98. The van der Waals surface area contributed by atoms with Gasteiger partial charge in [-0.3, -0.25) is 0 Å². The molecule has 0 saturated heterocycles. The summed E-state index contributed by atoms with van der Waals surface area (Å²) in [6.07, 6.45) is 2.19. The first kappa shape index (κ1) is 13.3. The van der Waals surface area contributed by atoms with E-state index >= 15 is 0 Å². The van der Waals surface area contributed by atoms with E-state index in [0.29, 0.717) is 12.5 Å². The third-order valence-electron chi connectivity index (χ3n) is 1.61. The Labute approximate surface area is 71.1 Å². The van der Waals surface area contributed by atoms with Gasteiger partial charge in [0.15, 0.2) is 0 Å². The fourth-order valence-corrected chi connectivity index (χ4v) is 0.129. The molecular formula is C10H22O. The molecule has 1 N–H and O–H groups in total. The predicted molar refractivity (Wildman–Crippen MR) is 51.6 cm³/mol. The highest BCUT2D eigenvalue weighted by atomic mass is 16.3. The lowest BCUT2D eigenvalue weighted by Crippen LogP contribution is -1.96. The summed E-state index contributed by atoms with van der Waals surface area (Å²) in [6.45, 7) is 12.2. The van der Waals surface area contributed by atoms with Crippen LogP contribution in [0.2, 0.25) is 0 Å². The second-order valence-electron chi connectivity index (χ2n) is 3.01. The second kappa shape index (κ2) is 9.70. The van der Waals surface area contributed by atoms with Gasteiger partial charge in [-0.05, 0) is 19.3 Å². The molecule has 1 unspecified atom stereocenters. The van der Waals surface area contributed by atoms with Gasteiger partial charge in [0.05, 0.1) is 0 Å². The molecule has 1 heteroatoms. The van der Waals surface area contributed by atoms with Crippen LogP contribution in [0.3, 0.4) is 0 Å². The monoisotopic (exact) mass is 158 g/mol. The predicted octanol–water partition coefficient (Wildman–Crippen LogP) is 3.00. The zero-order valence-electron chi connectivity index (χ0n) is 8.35. The van der Waals surface area contributed by atoms with Gasteiger partial charge in [-0.2, -0.15) is 0 Å². The number of aliphatic hydroxyl groups is 1. The lowest BCUT2D eigenvalue weighted by atomic mass is 10.1. The van der Waals surface area contributed by atoms with E-state index in [0.717, 1.165) is 12.8 Å². The fourth-order valence-electron chi connectivity index (χ4n) is 0.129. The van der Waals surface area contributed by atoms with Crippen LogP contribution in [0.5, 0.6) is 0 Å². The summed E-state index contributed by atoms with van der Waals surface area (Å²) in [5, 5.41) is 8.33. The first-order valence-electron chi connectivity index (χ1n) is 4.33. The molecule has 11 heavy (non-hydrogen) atoms. The van der Waals surface area contributed by atoms with Gasteiger partial charge in [0.25, 0.3) is 0 Å². The zero-order chi connectivity index (χ0) is 9.28. The van der Waals surface area contributed by atoms with E-state index in [1.807, 2.05) is 13.8 Å². The molecule has 0 aromatic rings. The maximum Gasteiger partial charge on any atom is 0.0456 e. The third kappa shape index (κ3) is 17.7. The molecule has 0 amide bonds. The average molecular weight is 158 g/mol. The number of allylic oxidation sites excluding steroid dienone is 1. The molecule has 0 spiro atoms. The van der Waals surface area contributed by atoms with Gasteiger partial charge >= 0.3 is 0 Å². The minimum atomic E-state index is 0.330. The van der Waals surface area contributed by atoms with Crippen LogP contribution in [0.25, 0.3) is 0 Å². The van der Waals surface area contributed by atoms with Crippen LogP contribution in [0.15, 0.2) is 12.2 Å². The molecule has 0 aromatic heterocycles. The Hall–Kier alpha value is -0.300. The van der Waals surface area contributed by atoms with Gasteiger partial charge in [-0.15, -0.1) is 6.58 Å². The zero-order valence-corrected chi connectivity index (χ0v) is 8.35. The molecule has 0 aromatic carbocycles. The van der Waals surface area contributed by atoms with Crippen molar-refractivity contribution in [3.8, 4) is 0 Å². The number of aliphatic hydroxyl groups excluding tert-OH is 1. The van der Waals surface area contributed by atoms with E-state index < -0.39 is 0 Å². The summed E-state index contributed by atoms with van der Waals surface area (Å²) in [6, 6.07) is 0. The Morgan fingerprint density at radius 1 is 1.45 bits per heavy atom. The first-order chi connectivity index (χ1) is 5.08. The van der Waals surface area contributed by atoms with Crippen LogP contribution in [0.1, 0.15) is 40.5 Å². The molecule has 0 aliphatic heterocycles. The van der Waals surface area contributed by atoms with E-state index in [-0.39, 0.29) is 0 Å². The maximum absolute atomic E-state index is 8.33. The van der Waals surface area contributed by atoms with E-state index in [1.165, 1.54) is 5.57 Å². The summed E-state index contributed by atoms with van der Waals surface area (Å²) in [5.74, 6) is 0.491. The van der Waals surface area contributed by atoms with Gasteiger partial charge in [-0.1, -0.05) is 32.8 Å². The van der Waals surface area contributed by atoms with E-state index in [1.54, 1.807) is 0 Å². The highest BCUT2D eigenvalue weighted by molar-refractivity contribution is 4.84. The number of rotatable bonds is 3. The maximum atomic E-state index is 8.33. The highest BCUT2D eigenvalue weighted by Gasteiger charge is 1.90. The summed E-state index contributed by atoms with van der Waals surface area (Å²) in [7, 11) is 0. The fraction of sp³-hybridized carbons (Fsp3) is 0.800. The van der Waals surface area contributed by atoms with Crippen molar-refractivity contribution in [1.29, 1.82) is 0 Å². The van der Waals surface area contributed by atoms with E-state index in [9.17, 15) is 0 Å². The van der Waals surface area contributed by atoms with Gasteiger partial charge in [-0.25, -0.2) is 0 Å². The first-order valence-corrected chi connectivity index (χ1v) is 4.33. The lowest BCUT2D eigenvalue weighted by molar-refractivity contribution is 0.234. The largest absolute Gasteiger partial charge is 0.396 e. The van der Waals surface area contributed by atoms with Crippen molar-refractivity contribution < 1.29 is 5.11 Å². The topological polar surface area (TPSA) is 20.2 Å². The van der Waals surface area contributed by atoms with Gasteiger partial charge in [0.1, 0.15) is 0 Å². The third-order valence-corrected chi connectivity index (χ3v) is 1.61. The smallest absolute Gasteiger partial charge is 0.0456 e. The van der Waals surface area contributed by atoms with Crippen molar-refractivity contribution in [2.45, 2.75) is 40.5 Å². The Morgan fingerprint density at radius 3 is 1.82 bits per heavy atom. The summed E-state index contributed by atoms with van der Waals surface area (Å²) >= 11 is 0. The molecule has 0 saturated carbocycles. The summed E-state index contributed by atoms with van der Waals surface area (Å²) in [4.78, 5) is 0. The molecule has 1 nitrogen and oxygen atoms in total. The number of hydrogen-bond donors (Lipinski definition) is 1. The second-order valence-corrected chi connectivity index (χ2v) is 3.01. The van der Waals surface area contributed by atoms with Crippen molar-refractivity contribution >= 4 is 0 Å². The molecule has 68 valence electrons. The Bertz CT molecular complexity index is 82.9. The van der Waals surface area contributed by atoms with Crippen molar-refractivity contribution in [1.82, 2.24) is 0 Å². The van der Waals surface area contributed by atoms with Gasteiger partial charge in [0, 0.05) is 6.61 Å². The normalized spacial score (nSPS) is 11.4. The molecule has 1 atom stereocenters. The van der Waals surface area contributed by atoms with Crippen molar-refractivity contribution in [2.75, 3.05) is 6.61 Å². The Balaban J connectivity index is 0. The Kier molecular flexibility index (Phi) is 11.7. The Morgan fingerprint density at radius 2 is 1.82 bits per heavy atom. The van der Waals surface area contributed by atoms with Crippen LogP contribution < -0.4 is 0 Å². The van der Waals surface area contributed by atoms with Gasteiger partial charge < -0.3 is 5.11 Å². The van der Waals surface area contributed by atoms with Gasteiger partial charge in [0.2, 0.25) is 0 Å².